The SMILES string of the molecule is COc1ccc(C(=O)CCNc2ccc(Cc3ccncc3)cc2)cc1. The Morgan fingerprint density at radius 2 is 1.58 bits per heavy atom. The predicted octanol–water partition coefficient (Wildman–Crippen LogP) is 4.37. The number of carbonyl (C=O) groups excluding carboxylic acids is 1. The van der Waals surface area contributed by atoms with Crippen LogP contribution in [0.3, 0.4) is 0 Å². The summed E-state index contributed by atoms with van der Waals surface area (Å²) in [6, 6.07) is 19.6. The first-order chi connectivity index (χ1) is 12.7. The Morgan fingerprint density at radius 1 is 0.923 bits per heavy atom. The molecular formula is C22H22N2O2. The highest BCUT2D eigenvalue weighted by atomic mass is 16.5. The molecule has 2 aromatic carbocycles. The van der Waals surface area contributed by atoms with Gasteiger partial charge >= 0.3 is 0 Å². The van der Waals surface area contributed by atoms with Crippen molar-refractivity contribution in [2.75, 3.05) is 19.0 Å². The molecule has 0 bridgehead atoms. The number of hydrogen-bond donors (Lipinski definition) is 1. The van der Waals surface area contributed by atoms with Gasteiger partial charge in [0.1, 0.15) is 5.75 Å². The molecule has 0 fully saturated rings. The van der Waals surface area contributed by atoms with Crippen molar-refractivity contribution < 1.29 is 9.53 Å². The summed E-state index contributed by atoms with van der Waals surface area (Å²) in [5.74, 6) is 0.876. The van der Waals surface area contributed by atoms with Gasteiger partial charge in [0, 0.05) is 36.6 Å². The second-order valence-corrected chi connectivity index (χ2v) is 6.06. The average Bonchev–Trinajstić information content (AvgIpc) is 2.70. The zero-order chi connectivity index (χ0) is 18.2. The highest BCUT2D eigenvalue weighted by Crippen LogP contribution is 2.15. The van der Waals surface area contributed by atoms with Gasteiger partial charge in [-0.2, -0.15) is 0 Å². The molecule has 0 aliphatic carbocycles. The van der Waals surface area contributed by atoms with Crippen LogP contribution < -0.4 is 10.1 Å². The first-order valence-electron chi connectivity index (χ1n) is 8.63. The van der Waals surface area contributed by atoms with Crippen LogP contribution in [0.25, 0.3) is 0 Å². The summed E-state index contributed by atoms with van der Waals surface area (Å²) in [7, 11) is 1.61. The average molecular weight is 346 g/mol. The number of anilines is 1. The predicted molar refractivity (Wildman–Crippen MR) is 104 cm³/mol. The van der Waals surface area contributed by atoms with Crippen LogP contribution in [-0.2, 0) is 6.42 Å². The van der Waals surface area contributed by atoms with Gasteiger partial charge in [-0.25, -0.2) is 0 Å². The topological polar surface area (TPSA) is 51.2 Å². The Balaban J connectivity index is 1.47. The van der Waals surface area contributed by atoms with E-state index < -0.39 is 0 Å². The maximum Gasteiger partial charge on any atom is 0.164 e. The van der Waals surface area contributed by atoms with Gasteiger partial charge in [-0.3, -0.25) is 9.78 Å². The van der Waals surface area contributed by atoms with Gasteiger partial charge in [-0.05, 0) is 66.1 Å². The summed E-state index contributed by atoms with van der Waals surface area (Å²) in [6.07, 6.45) is 4.96. The Labute approximate surface area is 153 Å². The van der Waals surface area contributed by atoms with Crippen molar-refractivity contribution in [2.24, 2.45) is 0 Å². The summed E-state index contributed by atoms with van der Waals surface area (Å²) < 4.78 is 5.11. The fourth-order valence-corrected chi connectivity index (χ4v) is 2.72. The molecule has 4 heteroatoms. The lowest BCUT2D eigenvalue weighted by atomic mass is 10.1. The van der Waals surface area contributed by atoms with Gasteiger partial charge in [0.2, 0.25) is 0 Å². The van der Waals surface area contributed by atoms with Gasteiger partial charge in [0.25, 0.3) is 0 Å². The van der Waals surface area contributed by atoms with Crippen LogP contribution >= 0.6 is 0 Å². The third-order valence-electron chi connectivity index (χ3n) is 4.20. The molecule has 0 amide bonds. The normalized spacial score (nSPS) is 10.3. The molecule has 0 aliphatic rings. The fourth-order valence-electron chi connectivity index (χ4n) is 2.72. The van der Waals surface area contributed by atoms with Crippen LogP contribution in [0.4, 0.5) is 5.69 Å². The van der Waals surface area contributed by atoms with Crippen molar-refractivity contribution in [1.82, 2.24) is 4.98 Å². The molecule has 0 radical (unpaired) electrons. The number of rotatable bonds is 8. The lowest BCUT2D eigenvalue weighted by molar-refractivity contribution is 0.0986. The van der Waals surface area contributed by atoms with Crippen molar-refractivity contribution in [3.05, 3.63) is 89.7 Å². The molecule has 1 aromatic heterocycles. The largest absolute Gasteiger partial charge is 0.497 e. The number of pyridine rings is 1. The summed E-state index contributed by atoms with van der Waals surface area (Å²) in [5, 5.41) is 3.30. The molecule has 1 N–H and O–H groups in total. The minimum atomic E-state index is 0.120. The number of methoxy groups -OCH3 is 1. The van der Waals surface area contributed by atoms with Crippen LogP contribution in [-0.4, -0.2) is 24.4 Å². The van der Waals surface area contributed by atoms with E-state index >= 15 is 0 Å². The molecule has 0 saturated carbocycles. The first-order valence-corrected chi connectivity index (χ1v) is 8.63. The molecule has 0 saturated heterocycles. The zero-order valence-corrected chi connectivity index (χ0v) is 14.8. The van der Waals surface area contributed by atoms with Crippen molar-refractivity contribution in [1.29, 1.82) is 0 Å². The number of benzene rings is 2. The summed E-state index contributed by atoms with van der Waals surface area (Å²) in [5.41, 5.74) is 4.22. The Hall–Kier alpha value is -3.14. The lowest BCUT2D eigenvalue weighted by Crippen LogP contribution is -2.08. The Kier molecular flexibility index (Phi) is 5.99. The number of nitrogens with one attached hydrogen (secondary N) is 1. The molecule has 3 rings (SSSR count). The van der Waals surface area contributed by atoms with Crippen LogP contribution in [0.2, 0.25) is 0 Å². The molecule has 0 unspecified atom stereocenters. The molecule has 3 aromatic rings. The van der Waals surface area contributed by atoms with E-state index in [0.717, 1.165) is 17.9 Å². The number of hydrogen-bond acceptors (Lipinski definition) is 4. The van der Waals surface area contributed by atoms with Crippen LogP contribution in [0.1, 0.15) is 27.9 Å². The highest BCUT2D eigenvalue weighted by Gasteiger charge is 2.05. The first kappa shape index (κ1) is 17.7. The maximum absolute atomic E-state index is 12.2. The maximum atomic E-state index is 12.2. The number of Topliss-reactive ketones (excluding diaryl/α,β-unsaturated/α-hetero) is 1. The molecule has 26 heavy (non-hydrogen) atoms. The second kappa shape index (κ2) is 8.81. The van der Waals surface area contributed by atoms with Crippen molar-refractivity contribution >= 4 is 11.5 Å². The monoisotopic (exact) mass is 346 g/mol. The molecular weight excluding hydrogens is 324 g/mol. The van der Waals surface area contributed by atoms with E-state index in [2.05, 4.69) is 22.4 Å². The van der Waals surface area contributed by atoms with Gasteiger partial charge < -0.3 is 10.1 Å². The van der Waals surface area contributed by atoms with E-state index in [9.17, 15) is 4.79 Å². The van der Waals surface area contributed by atoms with Gasteiger partial charge in [-0.15, -0.1) is 0 Å². The van der Waals surface area contributed by atoms with E-state index in [1.807, 2.05) is 48.8 Å². The summed E-state index contributed by atoms with van der Waals surface area (Å²) in [6.45, 7) is 0.606. The van der Waals surface area contributed by atoms with E-state index in [4.69, 9.17) is 4.74 Å². The third kappa shape index (κ3) is 4.93. The quantitative estimate of drug-likeness (QED) is 0.616. The minimum absolute atomic E-state index is 0.120. The van der Waals surface area contributed by atoms with Crippen LogP contribution in [0, 0.1) is 0 Å². The van der Waals surface area contributed by atoms with E-state index in [1.165, 1.54) is 11.1 Å². The lowest BCUT2D eigenvalue weighted by Gasteiger charge is -2.08. The second-order valence-electron chi connectivity index (χ2n) is 6.06. The zero-order valence-electron chi connectivity index (χ0n) is 14.8. The summed E-state index contributed by atoms with van der Waals surface area (Å²) in [4.78, 5) is 16.2. The van der Waals surface area contributed by atoms with Crippen molar-refractivity contribution in [2.45, 2.75) is 12.8 Å². The minimum Gasteiger partial charge on any atom is -0.497 e. The number of ether oxygens (including phenoxy) is 1. The van der Waals surface area contributed by atoms with E-state index in [-0.39, 0.29) is 5.78 Å². The molecule has 132 valence electrons. The van der Waals surface area contributed by atoms with Crippen molar-refractivity contribution in [3.63, 3.8) is 0 Å². The van der Waals surface area contributed by atoms with E-state index in [0.29, 0.717) is 18.5 Å². The smallest absolute Gasteiger partial charge is 0.164 e. The Morgan fingerprint density at radius 3 is 2.23 bits per heavy atom. The summed E-state index contributed by atoms with van der Waals surface area (Å²) >= 11 is 0. The fraction of sp³-hybridized carbons (Fsp3) is 0.182. The Bertz CT molecular complexity index is 828. The molecule has 4 nitrogen and oxygen atoms in total. The molecule has 0 spiro atoms. The third-order valence-corrected chi connectivity index (χ3v) is 4.20. The van der Waals surface area contributed by atoms with Crippen LogP contribution in [0.15, 0.2) is 73.1 Å². The van der Waals surface area contributed by atoms with Crippen LogP contribution in [0.5, 0.6) is 5.75 Å². The number of carbonyl (C=O) groups is 1. The molecule has 1 heterocycles. The molecule has 0 atom stereocenters. The number of aromatic nitrogens is 1. The highest BCUT2D eigenvalue weighted by molar-refractivity contribution is 5.96. The van der Waals surface area contributed by atoms with Gasteiger partial charge in [0.15, 0.2) is 5.78 Å². The van der Waals surface area contributed by atoms with E-state index in [1.54, 1.807) is 19.2 Å². The van der Waals surface area contributed by atoms with Gasteiger partial charge in [0.05, 0.1) is 7.11 Å². The van der Waals surface area contributed by atoms with Gasteiger partial charge in [-0.1, -0.05) is 12.1 Å². The standard InChI is InChI=1S/C22H22N2O2/c1-26-21-8-4-19(5-9-21)22(25)12-15-24-20-6-2-17(3-7-20)16-18-10-13-23-14-11-18/h2-11,13-14,24H,12,15-16H2,1H3. The number of nitrogens with zero attached hydrogens (tertiary/aromatic N) is 1. The number of ketones is 1. The molecule has 0 aliphatic heterocycles. The van der Waals surface area contributed by atoms with Crippen molar-refractivity contribution in [3.8, 4) is 5.75 Å².